The number of benzene rings is 3. The third kappa shape index (κ3) is 4.40. The number of fused-ring (bicyclic) bond motifs is 1. The summed E-state index contributed by atoms with van der Waals surface area (Å²) in [5, 5.41) is 3.95. The Morgan fingerprint density at radius 3 is 2.35 bits per heavy atom. The summed E-state index contributed by atoms with van der Waals surface area (Å²) < 4.78 is 5.30. The molecule has 0 aliphatic rings. The molecule has 168 valence electrons. The van der Waals surface area contributed by atoms with Gasteiger partial charge in [0.25, 0.3) is 5.91 Å². The zero-order chi connectivity index (χ0) is 23.5. The highest BCUT2D eigenvalue weighted by Crippen LogP contribution is 2.33. The molecule has 0 unspecified atom stereocenters. The number of para-hydroxylation sites is 1. The average Bonchev–Trinajstić information content (AvgIpc) is 3.26. The third-order valence-electron chi connectivity index (χ3n) is 5.55. The minimum Gasteiger partial charge on any atom is -0.422 e. The molecule has 5 nitrogen and oxygen atoms in total. The minimum atomic E-state index is -0.668. The standard InChI is InChI=1S/C28H22N2O3S/c1-2-8-24-25(20-15-13-19(14-16-20)18-9-4-3-5-10-18)29-28(34-24)30-26(31)22-17-21-11-6-7-12-23(21)33-27(22)32/h3-7,9-17H,2,8H2,1H3,(H,29,30,31). The van der Waals surface area contributed by atoms with E-state index in [4.69, 9.17) is 9.40 Å². The van der Waals surface area contributed by atoms with Crippen molar-refractivity contribution in [1.29, 1.82) is 0 Å². The van der Waals surface area contributed by atoms with Gasteiger partial charge in [-0.05, 0) is 29.7 Å². The van der Waals surface area contributed by atoms with E-state index in [0.29, 0.717) is 16.1 Å². The van der Waals surface area contributed by atoms with Crippen molar-refractivity contribution in [3.8, 4) is 22.4 Å². The molecule has 5 aromatic rings. The van der Waals surface area contributed by atoms with Crippen LogP contribution in [0.15, 0.2) is 94.1 Å². The van der Waals surface area contributed by atoms with Crippen LogP contribution in [0.2, 0.25) is 0 Å². The Kier molecular flexibility index (Phi) is 6.06. The maximum atomic E-state index is 12.9. The van der Waals surface area contributed by atoms with Crippen LogP contribution in [0.3, 0.4) is 0 Å². The van der Waals surface area contributed by atoms with E-state index in [-0.39, 0.29) is 5.56 Å². The average molecular weight is 467 g/mol. The maximum Gasteiger partial charge on any atom is 0.349 e. The Hall–Kier alpha value is -4.03. The van der Waals surface area contributed by atoms with Gasteiger partial charge in [-0.3, -0.25) is 10.1 Å². The molecule has 6 heteroatoms. The second kappa shape index (κ2) is 9.45. The first-order chi connectivity index (χ1) is 16.6. The molecule has 34 heavy (non-hydrogen) atoms. The number of nitrogens with zero attached hydrogens (tertiary/aromatic N) is 1. The summed E-state index contributed by atoms with van der Waals surface area (Å²) in [6, 6.07) is 27.2. The fourth-order valence-electron chi connectivity index (χ4n) is 3.86. The van der Waals surface area contributed by atoms with Gasteiger partial charge in [0.1, 0.15) is 11.1 Å². The van der Waals surface area contributed by atoms with Gasteiger partial charge in [-0.15, -0.1) is 11.3 Å². The number of aromatic nitrogens is 1. The van der Waals surface area contributed by atoms with Crippen LogP contribution in [-0.2, 0) is 6.42 Å². The molecule has 0 aliphatic carbocycles. The summed E-state index contributed by atoms with van der Waals surface area (Å²) in [5.41, 5.74) is 3.87. The van der Waals surface area contributed by atoms with Crippen molar-refractivity contribution in [3.05, 3.63) is 106 Å². The summed E-state index contributed by atoms with van der Waals surface area (Å²) in [7, 11) is 0. The summed E-state index contributed by atoms with van der Waals surface area (Å²) >= 11 is 1.44. The molecular weight excluding hydrogens is 444 g/mol. The monoisotopic (exact) mass is 466 g/mol. The third-order valence-corrected chi connectivity index (χ3v) is 6.58. The van der Waals surface area contributed by atoms with E-state index in [1.54, 1.807) is 24.3 Å². The van der Waals surface area contributed by atoms with Gasteiger partial charge in [0.2, 0.25) is 0 Å². The predicted molar refractivity (Wildman–Crippen MR) is 137 cm³/mol. The lowest BCUT2D eigenvalue weighted by Gasteiger charge is -2.05. The number of carbonyl (C=O) groups is 1. The van der Waals surface area contributed by atoms with Crippen LogP contribution in [0.4, 0.5) is 5.13 Å². The van der Waals surface area contributed by atoms with Crippen LogP contribution in [0.25, 0.3) is 33.4 Å². The second-order valence-electron chi connectivity index (χ2n) is 7.92. The van der Waals surface area contributed by atoms with Crippen molar-refractivity contribution < 1.29 is 9.21 Å². The Balaban J connectivity index is 1.43. The van der Waals surface area contributed by atoms with Gasteiger partial charge in [0.15, 0.2) is 5.13 Å². The smallest absolute Gasteiger partial charge is 0.349 e. The number of thiazole rings is 1. The van der Waals surface area contributed by atoms with Crippen molar-refractivity contribution in [2.75, 3.05) is 5.32 Å². The molecule has 0 atom stereocenters. The number of anilines is 1. The van der Waals surface area contributed by atoms with Crippen molar-refractivity contribution in [2.24, 2.45) is 0 Å². The lowest BCUT2D eigenvalue weighted by atomic mass is 10.0. The molecule has 5 rings (SSSR count). The molecular formula is C28H22N2O3S. The van der Waals surface area contributed by atoms with E-state index < -0.39 is 11.5 Å². The Morgan fingerprint density at radius 1 is 0.912 bits per heavy atom. The molecule has 1 N–H and O–H groups in total. The van der Waals surface area contributed by atoms with E-state index in [1.807, 2.05) is 24.3 Å². The highest BCUT2D eigenvalue weighted by atomic mass is 32.1. The number of amides is 1. The summed E-state index contributed by atoms with van der Waals surface area (Å²) in [6.45, 7) is 2.11. The van der Waals surface area contributed by atoms with Gasteiger partial charge in [-0.25, -0.2) is 9.78 Å². The number of rotatable bonds is 6. The van der Waals surface area contributed by atoms with Gasteiger partial charge in [0, 0.05) is 15.8 Å². The number of nitrogens with one attached hydrogen (secondary N) is 1. The summed E-state index contributed by atoms with van der Waals surface area (Å²) in [4.78, 5) is 31.1. The van der Waals surface area contributed by atoms with Gasteiger partial charge < -0.3 is 4.42 Å². The van der Waals surface area contributed by atoms with Crippen LogP contribution < -0.4 is 10.9 Å². The second-order valence-corrected chi connectivity index (χ2v) is 9.01. The van der Waals surface area contributed by atoms with Gasteiger partial charge >= 0.3 is 5.63 Å². The summed E-state index contributed by atoms with van der Waals surface area (Å²) in [6.07, 6.45) is 1.81. The number of aryl methyl sites for hydroxylation is 1. The molecule has 2 aromatic heterocycles. The largest absolute Gasteiger partial charge is 0.422 e. The predicted octanol–water partition coefficient (Wildman–Crippen LogP) is 6.79. The van der Waals surface area contributed by atoms with Gasteiger partial charge in [-0.2, -0.15) is 0 Å². The molecule has 0 radical (unpaired) electrons. The number of hydrogen-bond acceptors (Lipinski definition) is 5. The van der Waals surface area contributed by atoms with Crippen molar-refractivity contribution in [1.82, 2.24) is 4.98 Å². The van der Waals surface area contributed by atoms with Crippen LogP contribution in [-0.4, -0.2) is 10.9 Å². The molecule has 0 fully saturated rings. The first kappa shape index (κ1) is 21.8. The molecule has 0 saturated carbocycles. The molecule has 3 aromatic carbocycles. The molecule has 0 spiro atoms. The van der Waals surface area contributed by atoms with Crippen LogP contribution in [0.1, 0.15) is 28.6 Å². The quantitative estimate of drug-likeness (QED) is 0.280. The zero-order valence-electron chi connectivity index (χ0n) is 18.6. The van der Waals surface area contributed by atoms with E-state index >= 15 is 0 Å². The van der Waals surface area contributed by atoms with Gasteiger partial charge in [-0.1, -0.05) is 86.1 Å². The van der Waals surface area contributed by atoms with E-state index in [1.165, 1.54) is 11.3 Å². The van der Waals surface area contributed by atoms with Crippen LogP contribution >= 0.6 is 11.3 Å². The lowest BCUT2D eigenvalue weighted by molar-refractivity contribution is 0.102. The molecule has 0 saturated heterocycles. The van der Waals surface area contributed by atoms with Crippen LogP contribution in [0.5, 0.6) is 0 Å². The molecule has 0 aliphatic heterocycles. The maximum absolute atomic E-state index is 12.9. The number of carbonyl (C=O) groups excluding carboxylic acids is 1. The van der Waals surface area contributed by atoms with Crippen LogP contribution in [0, 0.1) is 0 Å². The Bertz CT molecular complexity index is 1520. The fraction of sp³-hybridized carbons (Fsp3) is 0.107. The summed E-state index contributed by atoms with van der Waals surface area (Å²) in [5.74, 6) is -0.526. The highest BCUT2D eigenvalue weighted by Gasteiger charge is 2.18. The zero-order valence-corrected chi connectivity index (χ0v) is 19.4. The highest BCUT2D eigenvalue weighted by molar-refractivity contribution is 7.16. The Morgan fingerprint density at radius 2 is 1.59 bits per heavy atom. The fourth-order valence-corrected chi connectivity index (χ4v) is 4.94. The first-order valence-electron chi connectivity index (χ1n) is 11.1. The molecule has 0 bridgehead atoms. The normalized spacial score (nSPS) is 11.0. The van der Waals surface area contributed by atoms with E-state index in [2.05, 4.69) is 48.6 Å². The van der Waals surface area contributed by atoms with E-state index in [9.17, 15) is 9.59 Å². The molecule has 2 heterocycles. The minimum absolute atomic E-state index is 0.0419. The number of hydrogen-bond donors (Lipinski definition) is 1. The SMILES string of the molecule is CCCc1sc(NC(=O)c2cc3ccccc3oc2=O)nc1-c1ccc(-c2ccccc2)cc1. The van der Waals surface area contributed by atoms with Crippen molar-refractivity contribution in [3.63, 3.8) is 0 Å². The van der Waals surface area contributed by atoms with E-state index in [0.717, 1.165) is 40.1 Å². The van der Waals surface area contributed by atoms with Gasteiger partial charge in [0.05, 0.1) is 5.69 Å². The lowest BCUT2D eigenvalue weighted by Crippen LogP contribution is -2.20. The van der Waals surface area contributed by atoms with Crippen molar-refractivity contribution in [2.45, 2.75) is 19.8 Å². The Labute approximate surface area is 200 Å². The first-order valence-corrected chi connectivity index (χ1v) is 11.9. The molecule has 1 amide bonds. The van der Waals surface area contributed by atoms with Crippen molar-refractivity contribution >= 4 is 33.3 Å². The topological polar surface area (TPSA) is 72.2 Å².